The van der Waals surface area contributed by atoms with Gasteiger partial charge in [0.15, 0.2) is 0 Å². The minimum absolute atomic E-state index is 0.117. The number of amides is 1. The van der Waals surface area contributed by atoms with E-state index in [-0.39, 0.29) is 11.9 Å². The number of hydrogen-bond acceptors (Lipinski definition) is 2. The second-order valence-electron chi connectivity index (χ2n) is 6.44. The van der Waals surface area contributed by atoms with E-state index in [0.29, 0.717) is 22.3 Å². The Hall–Kier alpha value is -1.81. The van der Waals surface area contributed by atoms with Crippen LogP contribution in [0.25, 0.3) is 5.69 Å². The van der Waals surface area contributed by atoms with E-state index in [2.05, 4.69) is 17.3 Å². The molecule has 122 valence electrons. The summed E-state index contributed by atoms with van der Waals surface area (Å²) in [6, 6.07) is 9.86. The summed E-state index contributed by atoms with van der Waals surface area (Å²) >= 11 is 6.44. The molecule has 0 saturated heterocycles. The Kier molecular flexibility index (Phi) is 4.71. The Bertz CT molecular complexity index is 696. The summed E-state index contributed by atoms with van der Waals surface area (Å²) < 4.78 is 1.62. The van der Waals surface area contributed by atoms with Crippen molar-refractivity contribution in [2.24, 2.45) is 5.92 Å². The van der Waals surface area contributed by atoms with Crippen molar-refractivity contribution in [2.75, 3.05) is 0 Å². The van der Waals surface area contributed by atoms with Crippen LogP contribution in [0.2, 0.25) is 5.15 Å². The van der Waals surface area contributed by atoms with Crippen LogP contribution in [0.1, 0.15) is 48.7 Å². The molecule has 1 saturated carbocycles. The monoisotopic (exact) mass is 331 g/mol. The summed E-state index contributed by atoms with van der Waals surface area (Å²) in [5.74, 6) is 0.548. The normalized spacial score (nSPS) is 21.2. The lowest BCUT2D eigenvalue weighted by Gasteiger charge is -2.27. The highest BCUT2D eigenvalue weighted by Gasteiger charge is 2.25. The van der Waals surface area contributed by atoms with Gasteiger partial charge < -0.3 is 5.32 Å². The smallest absolute Gasteiger partial charge is 0.256 e. The van der Waals surface area contributed by atoms with E-state index in [0.717, 1.165) is 18.5 Å². The maximum absolute atomic E-state index is 12.7. The van der Waals surface area contributed by atoms with Gasteiger partial charge in [0.25, 0.3) is 5.91 Å². The van der Waals surface area contributed by atoms with Crippen LogP contribution in [0, 0.1) is 12.8 Å². The van der Waals surface area contributed by atoms with Crippen molar-refractivity contribution in [2.45, 2.75) is 45.6 Å². The van der Waals surface area contributed by atoms with Crippen molar-refractivity contribution in [3.8, 4) is 5.69 Å². The number of para-hydroxylation sites is 1. The van der Waals surface area contributed by atoms with Gasteiger partial charge in [-0.25, -0.2) is 4.68 Å². The fourth-order valence-corrected chi connectivity index (χ4v) is 3.68. The van der Waals surface area contributed by atoms with Crippen molar-refractivity contribution in [1.29, 1.82) is 0 Å². The minimum Gasteiger partial charge on any atom is -0.349 e. The number of aryl methyl sites for hydroxylation is 1. The SMILES string of the molecule is Cc1nn(-c2ccccc2)c(Cl)c1C(=O)NC1CCCC(C)C1. The van der Waals surface area contributed by atoms with Crippen molar-refractivity contribution in [1.82, 2.24) is 15.1 Å². The molecule has 2 atom stereocenters. The number of aromatic nitrogens is 2. The van der Waals surface area contributed by atoms with Crippen molar-refractivity contribution < 1.29 is 4.79 Å². The zero-order chi connectivity index (χ0) is 16.4. The summed E-state index contributed by atoms with van der Waals surface area (Å²) in [7, 11) is 0. The third-order valence-corrected chi connectivity index (χ3v) is 4.85. The molecule has 2 unspecified atom stereocenters. The number of nitrogens with one attached hydrogen (secondary N) is 1. The second kappa shape index (κ2) is 6.75. The molecule has 0 radical (unpaired) electrons. The van der Waals surface area contributed by atoms with Gasteiger partial charge in [-0.15, -0.1) is 0 Å². The molecule has 1 heterocycles. The van der Waals surface area contributed by atoms with Crippen molar-refractivity contribution in [3.05, 3.63) is 46.7 Å². The summed E-state index contributed by atoms with van der Waals surface area (Å²) in [6.07, 6.45) is 4.50. The molecule has 0 bridgehead atoms. The van der Waals surface area contributed by atoms with Crippen LogP contribution in [0.3, 0.4) is 0 Å². The van der Waals surface area contributed by atoms with Gasteiger partial charge in [-0.1, -0.05) is 49.6 Å². The first-order valence-electron chi connectivity index (χ1n) is 8.17. The predicted molar refractivity (Wildman–Crippen MR) is 92.2 cm³/mol. The zero-order valence-electron chi connectivity index (χ0n) is 13.6. The fraction of sp³-hybridized carbons (Fsp3) is 0.444. The van der Waals surface area contributed by atoms with Gasteiger partial charge in [0, 0.05) is 6.04 Å². The lowest BCUT2D eigenvalue weighted by molar-refractivity contribution is 0.0921. The predicted octanol–water partition coefficient (Wildman–Crippen LogP) is 4.14. The maximum Gasteiger partial charge on any atom is 0.256 e. The van der Waals surface area contributed by atoms with E-state index in [1.165, 1.54) is 12.8 Å². The Labute approximate surface area is 141 Å². The first kappa shape index (κ1) is 16.1. The van der Waals surface area contributed by atoms with Gasteiger partial charge in [-0.05, 0) is 37.8 Å². The van der Waals surface area contributed by atoms with Crippen LogP contribution in [0.15, 0.2) is 30.3 Å². The molecular formula is C18H22ClN3O. The molecule has 1 aliphatic carbocycles. The van der Waals surface area contributed by atoms with Crippen LogP contribution >= 0.6 is 11.6 Å². The van der Waals surface area contributed by atoms with E-state index < -0.39 is 0 Å². The third kappa shape index (κ3) is 3.42. The van der Waals surface area contributed by atoms with Crippen LogP contribution in [-0.2, 0) is 0 Å². The molecule has 1 fully saturated rings. The number of rotatable bonds is 3. The molecule has 1 aromatic heterocycles. The fourth-order valence-electron chi connectivity index (χ4n) is 3.32. The summed E-state index contributed by atoms with van der Waals surface area (Å²) in [6.45, 7) is 4.06. The molecule has 23 heavy (non-hydrogen) atoms. The molecule has 0 spiro atoms. The highest BCUT2D eigenvalue weighted by molar-refractivity contribution is 6.33. The molecule has 1 amide bonds. The van der Waals surface area contributed by atoms with E-state index in [1.807, 2.05) is 37.3 Å². The number of carbonyl (C=O) groups is 1. The third-order valence-electron chi connectivity index (χ3n) is 4.50. The number of carbonyl (C=O) groups excluding carboxylic acids is 1. The van der Waals surface area contributed by atoms with Gasteiger partial charge in [-0.3, -0.25) is 4.79 Å². The van der Waals surface area contributed by atoms with Gasteiger partial charge in [0.05, 0.1) is 16.9 Å². The molecule has 3 rings (SSSR count). The van der Waals surface area contributed by atoms with Crippen LogP contribution in [0.5, 0.6) is 0 Å². The molecule has 5 heteroatoms. The van der Waals surface area contributed by atoms with Gasteiger partial charge >= 0.3 is 0 Å². The Morgan fingerprint density at radius 2 is 2.04 bits per heavy atom. The minimum atomic E-state index is -0.117. The average Bonchev–Trinajstić information content (AvgIpc) is 2.83. The molecule has 4 nitrogen and oxygen atoms in total. The highest BCUT2D eigenvalue weighted by atomic mass is 35.5. The Morgan fingerprint density at radius 3 is 2.74 bits per heavy atom. The van der Waals surface area contributed by atoms with Crippen molar-refractivity contribution >= 4 is 17.5 Å². The summed E-state index contributed by atoms with van der Waals surface area (Å²) in [5.41, 5.74) is 1.99. The topological polar surface area (TPSA) is 46.9 Å². The largest absolute Gasteiger partial charge is 0.349 e. The van der Waals surface area contributed by atoms with Gasteiger partial charge in [0.2, 0.25) is 0 Å². The maximum atomic E-state index is 12.7. The van der Waals surface area contributed by atoms with Crippen LogP contribution in [-0.4, -0.2) is 21.7 Å². The Morgan fingerprint density at radius 1 is 1.30 bits per heavy atom. The highest BCUT2D eigenvalue weighted by Crippen LogP contribution is 2.26. The standard InChI is InChI=1S/C18H22ClN3O/c1-12-7-6-8-14(11-12)20-18(23)16-13(2)21-22(17(16)19)15-9-4-3-5-10-15/h3-5,9-10,12,14H,6-8,11H2,1-2H3,(H,20,23). The summed E-state index contributed by atoms with van der Waals surface area (Å²) in [4.78, 5) is 12.7. The van der Waals surface area contributed by atoms with E-state index in [1.54, 1.807) is 4.68 Å². The molecule has 2 aromatic rings. The number of nitrogens with zero attached hydrogens (tertiary/aromatic N) is 2. The lowest BCUT2D eigenvalue weighted by Crippen LogP contribution is -2.38. The number of halogens is 1. The second-order valence-corrected chi connectivity index (χ2v) is 6.80. The van der Waals surface area contributed by atoms with Gasteiger partial charge in [-0.2, -0.15) is 5.10 Å². The zero-order valence-corrected chi connectivity index (χ0v) is 14.3. The van der Waals surface area contributed by atoms with E-state index >= 15 is 0 Å². The molecular weight excluding hydrogens is 310 g/mol. The van der Waals surface area contributed by atoms with Crippen LogP contribution in [0.4, 0.5) is 0 Å². The lowest BCUT2D eigenvalue weighted by atomic mass is 9.87. The number of hydrogen-bond donors (Lipinski definition) is 1. The molecule has 1 N–H and O–H groups in total. The molecule has 0 aliphatic heterocycles. The molecule has 1 aliphatic rings. The first-order chi connectivity index (χ1) is 11.1. The van der Waals surface area contributed by atoms with E-state index in [9.17, 15) is 4.79 Å². The quantitative estimate of drug-likeness (QED) is 0.918. The molecule has 1 aromatic carbocycles. The van der Waals surface area contributed by atoms with Crippen LogP contribution < -0.4 is 5.32 Å². The Balaban J connectivity index is 1.82. The summed E-state index contributed by atoms with van der Waals surface area (Å²) in [5, 5.41) is 7.94. The van der Waals surface area contributed by atoms with Gasteiger partial charge in [0.1, 0.15) is 5.15 Å². The number of benzene rings is 1. The first-order valence-corrected chi connectivity index (χ1v) is 8.55. The van der Waals surface area contributed by atoms with E-state index in [4.69, 9.17) is 11.6 Å². The van der Waals surface area contributed by atoms with Crippen molar-refractivity contribution in [3.63, 3.8) is 0 Å². The average molecular weight is 332 g/mol.